The van der Waals surface area contributed by atoms with E-state index in [9.17, 15) is 0 Å². The number of hydrogen-bond acceptors (Lipinski definition) is 4. The average molecular weight is 421 g/mol. The van der Waals surface area contributed by atoms with E-state index in [1.165, 1.54) is 26.3 Å². The Labute approximate surface area is 184 Å². The van der Waals surface area contributed by atoms with Crippen LogP contribution in [0.15, 0.2) is 71.1 Å². The fourth-order valence-electron chi connectivity index (χ4n) is 4.37. The van der Waals surface area contributed by atoms with Crippen LogP contribution in [-0.2, 0) is 0 Å². The molecular formula is C27H20N2OS. The molecule has 0 aliphatic rings. The van der Waals surface area contributed by atoms with E-state index in [0.29, 0.717) is 5.71 Å². The van der Waals surface area contributed by atoms with Gasteiger partial charge in [-0.1, -0.05) is 30.3 Å². The van der Waals surface area contributed by atoms with E-state index < -0.39 is 0 Å². The van der Waals surface area contributed by atoms with Crippen molar-refractivity contribution in [1.82, 2.24) is 9.97 Å². The van der Waals surface area contributed by atoms with Crippen LogP contribution in [0.2, 0.25) is 0 Å². The molecular weight excluding hydrogens is 400 g/mol. The highest BCUT2D eigenvalue weighted by atomic mass is 32.1. The van der Waals surface area contributed by atoms with Gasteiger partial charge in [-0.05, 0) is 73.9 Å². The van der Waals surface area contributed by atoms with E-state index in [1.807, 2.05) is 13.0 Å². The van der Waals surface area contributed by atoms with Crippen molar-refractivity contribution < 1.29 is 4.42 Å². The number of para-hydroxylation sites is 1. The molecule has 0 amide bonds. The van der Waals surface area contributed by atoms with Gasteiger partial charge < -0.3 is 4.42 Å². The quantitative estimate of drug-likeness (QED) is 0.286. The second-order valence-electron chi connectivity index (χ2n) is 8.05. The molecule has 0 radical (unpaired) electrons. The Hall–Kier alpha value is -3.50. The summed E-state index contributed by atoms with van der Waals surface area (Å²) >= 11 is 1.80. The Morgan fingerprint density at radius 3 is 2.42 bits per heavy atom. The lowest BCUT2D eigenvalue weighted by Crippen LogP contribution is -1.85. The molecule has 6 aromatic rings. The number of aryl methyl sites for hydroxylation is 3. The lowest BCUT2D eigenvalue weighted by Gasteiger charge is -2.06. The van der Waals surface area contributed by atoms with E-state index in [4.69, 9.17) is 9.40 Å². The molecule has 2 aromatic carbocycles. The monoisotopic (exact) mass is 420 g/mol. The van der Waals surface area contributed by atoms with E-state index in [-0.39, 0.29) is 0 Å². The molecule has 4 heterocycles. The van der Waals surface area contributed by atoms with Crippen molar-refractivity contribution >= 4 is 43.6 Å². The molecule has 31 heavy (non-hydrogen) atoms. The summed E-state index contributed by atoms with van der Waals surface area (Å²) in [7, 11) is 0. The van der Waals surface area contributed by atoms with Crippen LogP contribution in [0.4, 0.5) is 0 Å². The second kappa shape index (κ2) is 6.76. The predicted molar refractivity (Wildman–Crippen MR) is 130 cm³/mol. The van der Waals surface area contributed by atoms with Gasteiger partial charge >= 0.3 is 0 Å². The van der Waals surface area contributed by atoms with Crippen LogP contribution in [0, 0.1) is 20.8 Å². The first-order valence-corrected chi connectivity index (χ1v) is 11.2. The summed E-state index contributed by atoms with van der Waals surface area (Å²) in [5.41, 5.74) is 9.29. The molecule has 0 atom stereocenters. The van der Waals surface area contributed by atoms with Crippen molar-refractivity contribution in [2.24, 2.45) is 0 Å². The van der Waals surface area contributed by atoms with Gasteiger partial charge in [-0.3, -0.25) is 0 Å². The summed E-state index contributed by atoms with van der Waals surface area (Å²) < 4.78 is 7.38. The van der Waals surface area contributed by atoms with Crippen LogP contribution in [0.25, 0.3) is 54.0 Å². The highest BCUT2D eigenvalue weighted by molar-refractivity contribution is 7.22. The Bertz CT molecular complexity index is 1600. The number of nitrogens with zero attached hydrogens (tertiary/aromatic N) is 2. The molecule has 150 valence electrons. The zero-order valence-corrected chi connectivity index (χ0v) is 18.4. The van der Waals surface area contributed by atoms with Crippen LogP contribution in [0.1, 0.15) is 16.8 Å². The van der Waals surface area contributed by atoms with Gasteiger partial charge in [0.05, 0.1) is 15.9 Å². The first-order chi connectivity index (χ1) is 15.1. The normalized spacial score (nSPS) is 11.7. The second-order valence-corrected chi connectivity index (χ2v) is 9.13. The van der Waals surface area contributed by atoms with E-state index >= 15 is 0 Å². The zero-order chi connectivity index (χ0) is 21.1. The molecule has 0 bridgehead atoms. The van der Waals surface area contributed by atoms with Gasteiger partial charge in [0.1, 0.15) is 5.58 Å². The maximum atomic E-state index is 6.19. The lowest BCUT2D eigenvalue weighted by atomic mass is 10.0. The van der Waals surface area contributed by atoms with Gasteiger partial charge in [0, 0.05) is 26.9 Å². The third kappa shape index (κ3) is 2.87. The third-order valence-corrected chi connectivity index (χ3v) is 6.99. The molecule has 0 N–H and O–H groups in total. The summed E-state index contributed by atoms with van der Waals surface area (Å²) in [5.74, 6) is 0. The van der Waals surface area contributed by atoms with Gasteiger partial charge in [-0.15, -0.1) is 11.3 Å². The Morgan fingerprint density at radius 1 is 0.774 bits per heavy atom. The van der Waals surface area contributed by atoms with Crippen molar-refractivity contribution in [2.45, 2.75) is 20.8 Å². The first kappa shape index (κ1) is 18.3. The number of fused-ring (bicyclic) bond motifs is 4. The topological polar surface area (TPSA) is 38.9 Å². The molecule has 4 aromatic heterocycles. The molecule has 0 saturated carbocycles. The molecule has 4 heteroatoms. The minimum atomic E-state index is 0.677. The van der Waals surface area contributed by atoms with Gasteiger partial charge in [0.2, 0.25) is 5.71 Å². The van der Waals surface area contributed by atoms with Crippen molar-refractivity contribution in [3.8, 4) is 21.7 Å². The molecule has 0 aliphatic carbocycles. The Kier molecular flexibility index (Phi) is 3.99. The van der Waals surface area contributed by atoms with Gasteiger partial charge in [-0.25, -0.2) is 9.97 Å². The largest absolute Gasteiger partial charge is 0.437 e. The number of benzene rings is 2. The van der Waals surface area contributed by atoms with Crippen LogP contribution in [-0.4, -0.2) is 9.97 Å². The maximum absolute atomic E-state index is 6.19. The SMILES string of the molecule is Cc1ccc2c(n1)oc1c(-c3ccc4sc(-c5c(C)cccc5C)cc4n3)cccc12. The minimum Gasteiger partial charge on any atom is -0.437 e. The standard InChI is InChI=1S/C27H20N2OS/c1-15-6-4-7-16(2)25(15)24-14-22-23(31-24)13-12-21(29-22)20-9-5-8-18-19-11-10-17(3)28-27(19)30-26(18)20/h4-14H,1-3H3. The summed E-state index contributed by atoms with van der Waals surface area (Å²) in [5, 5.41) is 2.11. The summed E-state index contributed by atoms with van der Waals surface area (Å²) in [4.78, 5) is 10.8. The fourth-order valence-corrected chi connectivity index (χ4v) is 5.55. The number of aromatic nitrogens is 2. The highest BCUT2D eigenvalue weighted by Gasteiger charge is 2.15. The number of pyridine rings is 2. The van der Waals surface area contributed by atoms with E-state index in [0.717, 1.165) is 38.8 Å². The molecule has 0 unspecified atom stereocenters. The molecule has 0 fully saturated rings. The van der Waals surface area contributed by atoms with Crippen molar-refractivity contribution in [2.75, 3.05) is 0 Å². The van der Waals surface area contributed by atoms with Crippen molar-refractivity contribution in [3.05, 3.63) is 83.6 Å². The van der Waals surface area contributed by atoms with Crippen LogP contribution >= 0.6 is 11.3 Å². The molecule has 0 spiro atoms. The number of rotatable bonds is 2. The number of furan rings is 1. The first-order valence-electron chi connectivity index (χ1n) is 10.3. The van der Waals surface area contributed by atoms with Crippen LogP contribution in [0.3, 0.4) is 0 Å². The molecule has 0 saturated heterocycles. The van der Waals surface area contributed by atoms with Crippen molar-refractivity contribution in [3.63, 3.8) is 0 Å². The predicted octanol–water partition coefficient (Wildman–Crippen LogP) is 7.85. The van der Waals surface area contributed by atoms with Crippen LogP contribution < -0.4 is 0 Å². The fraction of sp³-hybridized carbons (Fsp3) is 0.111. The summed E-state index contributed by atoms with van der Waals surface area (Å²) in [6.07, 6.45) is 0. The Balaban J connectivity index is 1.54. The average Bonchev–Trinajstić information content (AvgIpc) is 3.33. The van der Waals surface area contributed by atoms with Crippen molar-refractivity contribution in [1.29, 1.82) is 0 Å². The third-order valence-electron chi connectivity index (χ3n) is 5.88. The maximum Gasteiger partial charge on any atom is 0.227 e. The molecule has 3 nitrogen and oxygen atoms in total. The number of hydrogen-bond donors (Lipinski definition) is 0. The smallest absolute Gasteiger partial charge is 0.227 e. The van der Waals surface area contributed by atoms with E-state index in [2.05, 4.69) is 79.5 Å². The number of thiophene rings is 1. The molecule has 6 rings (SSSR count). The lowest BCUT2D eigenvalue weighted by molar-refractivity contribution is 0.653. The minimum absolute atomic E-state index is 0.677. The van der Waals surface area contributed by atoms with Gasteiger partial charge in [-0.2, -0.15) is 0 Å². The zero-order valence-electron chi connectivity index (χ0n) is 17.6. The van der Waals surface area contributed by atoms with Gasteiger partial charge in [0.25, 0.3) is 0 Å². The van der Waals surface area contributed by atoms with Crippen LogP contribution in [0.5, 0.6) is 0 Å². The van der Waals surface area contributed by atoms with E-state index in [1.54, 1.807) is 11.3 Å². The highest BCUT2D eigenvalue weighted by Crippen LogP contribution is 2.39. The Morgan fingerprint density at radius 2 is 1.58 bits per heavy atom. The summed E-state index contributed by atoms with van der Waals surface area (Å²) in [6.45, 7) is 6.32. The molecule has 0 aliphatic heterocycles. The summed E-state index contributed by atoms with van der Waals surface area (Å²) in [6, 6.07) is 23.3. The van der Waals surface area contributed by atoms with Gasteiger partial charge in [0.15, 0.2) is 0 Å².